The molecule has 0 fully saturated rings. The molecule has 8 heteroatoms. The van der Waals surface area contributed by atoms with Crippen molar-refractivity contribution in [1.29, 1.82) is 0 Å². The predicted octanol–water partition coefficient (Wildman–Crippen LogP) is 4.70. The fraction of sp³-hybridized carbons (Fsp3) is 0.500. The van der Waals surface area contributed by atoms with Crippen LogP contribution in [0.25, 0.3) is 0 Å². The van der Waals surface area contributed by atoms with Gasteiger partial charge in [0.05, 0.1) is 16.8 Å². The molecule has 0 atom stereocenters. The average molecular weight is 355 g/mol. The van der Waals surface area contributed by atoms with Crippen LogP contribution in [0, 0.1) is 0 Å². The molecule has 0 aliphatic heterocycles. The first-order valence-electron chi connectivity index (χ1n) is 6.59. The van der Waals surface area contributed by atoms with Crippen molar-refractivity contribution in [3.63, 3.8) is 0 Å². The summed E-state index contributed by atoms with van der Waals surface area (Å²) in [4.78, 5) is 12.3. The van der Waals surface area contributed by atoms with Crippen LogP contribution in [-0.2, 0) is 16.9 Å². The number of amides is 1. The fourth-order valence-electron chi connectivity index (χ4n) is 1.93. The molecule has 0 bridgehead atoms. The Morgan fingerprint density at radius 3 is 2.14 bits per heavy atom. The summed E-state index contributed by atoms with van der Waals surface area (Å²) < 4.78 is 42.8. The van der Waals surface area contributed by atoms with Crippen LogP contribution in [0.1, 0.15) is 43.6 Å². The van der Waals surface area contributed by atoms with E-state index < -0.39 is 34.0 Å². The summed E-state index contributed by atoms with van der Waals surface area (Å²) >= 11 is 5.69. The lowest BCUT2D eigenvalue weighted by atomic mass is 10.1. The summed E-state index contributed by atoms with van der Waals surface area (Å²) in [5.41, 5.74) is 3.45. The quantitative estimate of drug-likeness (QED) is 0.800. The molecule has 22 heavy (non-hydrogen) atoms. The van der Waals surface area contributed by atoms with Crippen LogP contribution in [0.2, 0.25) is 5.02 Å². The molecule has 0 saturated carbocycles. The normalized spacial score (nSPS) is 12.3. The molecule has 1 aromatic rings. The smallest absolute Gasteiger partial charge is 0.398 e. The Bertz CT molecular complexity index is 603. The van der Waals surface area contributed by atoms with E-state index in [-0.39, 0.29) is 21.1 Å². The Morgan fingerprint density at radius 1 is 1.23 bits per heavy atom. The van der Waals surface area contributed by atoms with Crippen LogP contribution >= 0.6 is 11.6 Å². The summed E-state index contributed by atoms with van der Waals surface area (Å²) in [5, 5.41) is 0.00643. The highest BCUT2D eigenvalue weighted by molar-refractivity contribution is 7.88. The van der Waals surface area contributed by atoms with E-state index in [2.05, 4.69) is 4.36 Å². The third-order valence-corrected chi connectivity index (χ3v) is 5.36. The standard InChI is InChI=1S/C14H18ClF3N2OS/c1-7(2)22(8(3)4)20-13(21)10-5-9(15)6-11(12(10)19)14(16,17)18/h5-8H,19H2,1-4H3. The fourth-order valence-corrected chi connectivity index (χ4v) is 3.95. The Morgan fingerprint density at radius 2 is 1.73 bits per heavy atom. The topological polar surface area (TPSA) is 55.5 Å². The molecule has 0 spiro atoms. The van der Waals surface area contributed by atoms with Crippen molar-refractivity contribution in [2.75, 3.05) is 5.73 Å². The van der Waals surface area contributed by atoms with Gasteiger partial charge in [0.2, 0.25) is 0 Å². The minimum Gasteiger partial charge on any atom is -0.398 e. The highest BCUT2D eigenvalue weighted by Crippen LogP contribution is 2.37. The maximum Gasteiger partial charge on any atom is 0.418 e. The first-order chi connectivity index (χ1) is 9.95. The number of carbonyl (C=O) groups is 1. The molecule has 0 saturated heterocycles. The van der Waals surface area contributed by atoms with E-state index in [1.54, 1.807) is 0 Å². The Balaban J connectivity index is 3.42. The SMILES string of the molecule is CC(C)S(=NC(=O)c1cc(Cl)cc(C(F)(F)F)c1N)C(C)C. The van der Waals surface area contributed by atoms with Crippen molar-refractivity contribution < 1.29 is 18.0 Å². The molecule has 1 aromatic carbocycles. The maximum absolute atomic E-state index is 12.9. The number of nitrogen functional groups attached to an aromatic ring is 1. The van der Waals surface area contributed by atoms with E-state index in [4.69, 9.17) is 17.3 Å². The van der Waals surface area contributed by atoms with Crippen LogP contribution in [0.15, 0.2) is 16.5 Å². The van der Waals surface area contributed by atoms with Crippen molar-refractivity contribution in [1.82, 2.24) is 0 Å². The number of nitrogens with two attached hydrogens (primary N) is 1. The second-order valence-corrected chi connectivity index (χ2v) is 8.45. The van der Waals surface area contributed by atoms with Gasteiger partial charge in [-0.15, -0.1) is 0 Å². The number of nitrogens with zero attached hydrogens (tertiary/aromatic N) is 1. The van der Waals surface area contributed by atoms with Gasteiger partial charge < -0.3 is 5.73 Å². The lowest BCUT2D eigenvalue weighted by Crippen LogP contribution is -2.18. The number of carbonyl (C=O) groups excluding carboxylic acids is 1. The molecule has 2 N–H and O–H groups in total. The van der Waals surface area contributed by atoms with Gasteiger partial charge in [-0.3, -0.25) is 4.79 Å². The van der Waals surface area contributed by atoms with Gasteiger partial charge >= 0.3 is 6.18 Å². The van der Waals surface area contributed by atoms with Gasteiger partial charge in [0.1, 0.15) is 0 Å². The minimum absolute atomic E-state index is 0.103. The zero-order chi connectivity index (χ0) is 17.2. The highest BCUT2D eigenvalue weighted by atomic mass is 35.5. The van der Waals surface area contributed by atoms with Crippen molar-refractivity contribution in [3.05, 3.63) is 28.3 Å². The molecule has 1 amide bonds. The van der Waals surface area contributed by atoms with E-state index in [0.29, 0.717) is 6.07 Å². The number of anilines is 1. The first-order valence-corrected chi connectivity index (χ1v) is 8.28. The maximum atomic E-state index is 12.9. The summed E-state index contributed by atoms with van der Waals surface area (Å²) in [5.74, 6) is -0.767. The third kappa shape index (κ3) is 4.46. The highest BCUT2D eigenvalue weighted by Gasteiger charge is 2.35. The number of halogens is 4. The molecule has 0 radical (unpaired) electrons. The van der Waals surface area contributed by atoms with Crippen LogP contribution in [-0.4, -0.2) is 16.4 Å². The first kappa shape index (κ1) is 19.0. The van der Waals surface area contributed by atoms with Crippen LogP contribution in [0.5, 0.6) is 0 Å². The predicted molar refractivity (Wildman–Crippen MR) is 85.3 cm³/mol. The van der Waals surface area contributed by atoms with E-state index in [0.717, 1.165) is 6.07 Å². The Kier molecular flexibility index (Phi) is 6.03. The molecule has 0 unspecified atom stereocenters. The van der Waals surface area contributed by atoms with E-state index in [1.807, 2.05) is 27.7 Å². The van der Waals surface area contributed by atoms with E-state index in [1.165, 1.54) is 0 Å². The largest absolute Gasteiger partial charge is 0.418 e. The van der Waals surface area contributed by atoms with Gasteiger partial charge in [-0.05, 0) is 12.1 Å². The molecule has 124 valence electrons. The van der Waals surface area contributed by atoms with E-state index >= 15 is 0 Å². The second-order valence-electron chi connectivity index (χ2n) is 5.25. The lowest BCUT2D eigenvalue weighted by Gasteiger charge is -2.16. The lowest BCUT2D eigenvalue weighted by molar-refractivity contribution is -0.136. The molecule has 0 aliphatic rings. The molecule has 0 heterocycles. The van der Waals surface area contributed by atoms with Gasteiger partial charge in [-0.1, -0.05) is 50.0 Å². The monoisotopic (exact) mass is 354 g/mol. The van der Waals surface area contributed by atoms with E-state index in [9.17, 15) is 18.0 Å². The van der Waals surface area contributed by atoms with Gasteiger partial charge in [0.25, 0.3) is 5.91 Å². The second kappa shape index (κ2) is 7.00. The number of benzene rings is 1. The summed E-state index contributed by atoms with van der Waals surface area (Å²) in [6, 6.07) is 1.83. The van der Waals surface area contributed by atoms with Crippen LogP contribution in [0.4, 0.5) is 18.9 Å². The van der Waals surface area contributed by atoms with Gasteiger partial charge in [0, 0.05) is 15.5 Å². The summed E-state index contributed by atoms with van der Waals surface area (Å²) in [6.07, 6.45) is -4.68. The molecular weight excluding hydrogens is 337 g/mol. The molecule has 1 rings (SSSR count). The average Bonchev–Trinajstić information content (AvgIpc) is 2.35. The Hall–Kier alpha value is -1.08. The van der Waals surface area contributed by atoms with Crippen molar-refractivity contribution >= 4 is 33.9 Å². The van der Waals surface area contributed by atoms with Crippen LogP contribution < -0.4 is 5.73 Å². The Labute approximate surface area is 135 Å². The van der Waals surface area contributed by atoms with Crippen molar-refractivity contribution in [3.8, 4) is 0 Å². The molecule has 3 nitrogen and oxygen atoms in total. The zero-order valence-corrected chi connectivity index (χ0v) is 14.2. The van der Waals surface area contributed by atoms with Crippen LogP contribution in [0.3, 0.4) is 0 Å². The van der Waals surface area contributed by atoms with Crippen molar-refractivity contribution in [2.45, 2.75) is 44.4 Å². The minimum atomic E-state index is -4.68. The summed E-state index contributed by atoms with van der Waals surface area (Å²) in [6.45, 7) is 7.62. The number of rotatable bonds is 3. The number of hydrogen-bond acceptors (Lipinski definition) is 2. The van der Waals surface area contributed by atoms with Gasteiger partial charge in [-0.25, -0.2) is 0 Å². The number of hydrogen-bond donors (Lipinski definition) is 1. The van der Waals surface area contributed by atoms with Gasteiger partial charge in [-0.2, -0.15) is 17.5 Å². The zero-order valence-electron chi connectivity index (χ0n) is 12.7. The van der Waals surface area contributed by atoms with Crippen molar-refractivity contribution in [2.24, 2.45) is 4.36 Å². The third-order valence-electron chi connectivity index (χ3n) is 2.83. The molecule has 0 aromatic heterocycles. The number of alkyl halides is 3. The summed E-state index contributed by atoms with van der Waals surface area (Å²) in [7, 11) is -0.606. The molecule has 0 aliphatic carbocycles. The van der Waals surface area contributed by atoms with Gasteiger partial charge in [0.15, 0.2) is 0 Å². The molecular formula is C14H18ClF3N2OS.